The van der Waals surface area contributed by atoms with Crippen LogP contribution >= 0.6 is 0 Å². The quantitative estimate of drug-likeness (QED) is 0.600. The number of nitrogens with zero attached hydrogens (tertiary/aromatic N) is 2. The summed E-state index contributed by atoms with van der Waals surface area (Å²) in [6, 6.07) is 17.2. The van der Waals surface area contributed by atoms with Gasteiger partial charge in [-0.3, -0.25) is 9.59 Å². The van der Waals surface area contributed by atoms with Crippen molar-refractivity contribution in [3.8, 4) is 5.75 Å². The second kappa shape index (κ2) is 11.8. The molecule has 1 amide bonds. The van der Waals surface area contributed by atoms with Crippen LogP contribution in [0.1, 0.15) is 45.1 Å². The maximum Gasteiger partial charge on any atom is 0.303 e. The number of carbonyl (C=O) groups excluding carboxylic acids is 1. The molecular formula is C26H36N2O5. The highest BCUT2D eigenvalue weighted by Gasteiger charge is 2.38. The summed E-state index contributed by atoms with van der Waals surface area (Å²) in [6.07, 6.45) is 1.56. The molecule has 0 saturated carbocycles. The van der Waals surface area contributed by atoms with E-state index in [2.05, 4.69) is 24.8 Å². The number of hydrogen-bond acceptors (Lipinski definition) is 4. The first-order valence-corrected chi connectivity index (χ1v) is 11.4. The number of rotatable bonds is 9. The Hall–Kier alpha value is -2.90. The van der Waals surface area contributed by atoms with Gasteiger partial charge in [0.15, 0.2) is 0 Å². The number of anilines is 1. The first-order chi connectivity index (χ1) is 15.3. The Morgan fingerprint density at radius 2 is 1.85 bits per heavy atom. The Morgan fingerprint density at radius 3 is 2.48 bits per heavy atom. The lowest BCUT2D eigenvalue weighted by molar-refractivity contribution is -0.137. The molecule has 1 aliphatic heterocycles. The number of carboxylic acid groups (broad SMARTS) is 1. The number of benzene rings is 2. The molecule has 33 heavy (non-hydrogen) atoms. The zero-order valence-electron chi connectivity index (χ0n) is 19.5. The van der Waals surface area contributed by atoms with Crippen LogP contribution in [0, 0.1) is 5.92 Å². The van der Waals surface area contributed by atoms with Gasteiger partial charge in [0.05, 0.1) is 0 Å². The van der Waals surface area contributed by atoms with Crippen molar-refractivity contribution >= 4 is 17.6 Å². The number of phenolic OH excluding ortho intramolecular Hbond substituents is 1. The van der Waals surface area contributed by atoms with Crippen molar-refractivity contribution in [2.24, 2.45) is 5.92 Å². The predicted molar refractivity (Wildman–Crippen MR) is 130 cm³/mol. The normalized spacial score (nSPS) is 20.6. The summed E-state index contributed by atoms with van der Waals surface area (Å²) < 4.78 is 0. The van der Waals surface area contributed by atoms with Crippen molar-refractivity contribution in [3.05, 3.63) is 60.2 Å². The van der Waals surface area contributed by atoms with Crippen LogP contribution in [0.4, 0.5) is 5.69 Å². The van der Waals surface area contributed by atoms with Gasteiger partial charge < -0.3 is 25.5 Å². The van der Waals surface area contributed by atoms with E-state index < -0.39 is 5.97 Å². The number of carbonyl (C=O) groups is 2. The van der Waals surface area contributed by atoms with E-state index in [1.807, 2.05) is 42.5 Å². The second-order valence-electron chi connectivity index (χ2n) is 9.05. The van der Waals surface area contributed by atoms with Gasteiger partial charge >= 0.3 is 5.97 Å². The Labute approximate surface area is 196 Å². The average molecular weight is 457 g/mol. The van der Waals surface area contributed by atoms with E-state index in [1.165, 1.54) is 5.56 Å². The Bertz CT molecular complexity index is 920. The van der Waals surface area contributed by atoms with Crippen LogP contribution in [0.15, 0.2) is 54.6 Å². The van der Waals surface area contributed by atoms with Crippen LogP contribution in [-0.4, -0.2) is 58.6 Å². The zero-order chi connectivity index (χ0) is 23.1. The topological polar surface area (TPSA) is 113 Å². The number of carboxylic acids is 1. The minimum Gasteiger partial charge on any atom is -0.508 e. The highest BCUT2D eigenvalue weighted by atomic mass is 16.4. The third-order valence-electron chi connectivity index (χ3n) is 6.86. The lowest BCUT2D eigenvalue weighted by atomic mass is 9.68. The molecule has 2 atom stereocenters. The molecule has 2 aromatic carbocycles. The average Bonchev–Trinajstić information content (AvgIpc) is 2.77. The Morgan fingerprint density at radius 1 is 1.12 bits per heavy atom. The number of aromatic hydroxyl groups is 1. The highest BCUT2D eigenvalue weighted by Crippen LogP contribution is 2.40. The van der Waals surface area contributed by atoms with E-state index in [4.69, 9.17) is 5.11 Å². The maximum absolute atomic E-state index is 12.9. The number of phenols is 1. The molecule has 0 aliphatic carbocycles. The molecule has 2 aromatic rings. The third-order valence-corrected chi connectivity index (χ3v) is 6.86. The zero-order valence-corrected chi connectivity index (χ0v) is 19.5. The summed E-state index contributed by atoms with van der Waals surface area (Å²) in [5.41, 5.74) is 2.02. The summed E-state index contributed by atoms with van der Waals surface area (Å²) in [4.78, 5) is 27.9. The molecule has 1 fully saturated rings. The fraction of sp³-hybridized carbons (Fsp3) is 0.462. The van der Waals surface area contributed by atoms with Crippen molar-refractivity contribution in [2.75, 3.05) is 31.1 Å². The minimum absolute atomic E-state index is 0. The van der Waals surface area contributed by atoms with Gasteiger partial charge in [0.1, 0.15) is 5.75 Å². The molecule has 1 aliphatic rings. The van der Waals surface area contributed by atoms with Crippen LogP contribution in [0.3, 0.4) is 0 Å². The first kappa shape index (κ1) is 26.4. The van der Waals surface area contributed by atoms with Gasteiger partial charge in [-0.25, -0.2) is 0 Å². The van der Waals surface area contributed by atoms with Gasteiger partial charge in [-0.2, -0.15) is 0 Å². The van der Waals surface area contributed by atoms with Crippen LogP contribution in [0.25, 0.3) is 0 Å². The predicted octanol–water partition coefficient (Wildman–Crippen LogP) is 3.46. The molecule has 7 heteroatoms. The fourth-order valence-corrected chi connectivity index (χ4v) is 4.58. The maximum atomic E-state index is 12.9. The Balaban J connectivity index is 0.00000385. The summed E-state index contributed by atoms with van der Waals surface area (Å²) in [7, 11) is 0. The molecule has 0 radical (unpaired) electrons. The Kier molecular flexibility index (Phi) is 9.44. The van der Waals surface area contributed by atoms with E-state index in [0.717, 1.165) is 31.7 Å². The summed E-state index contributed by atoms with van der Waals surface area (Å²) >= 11 is 0. The summed E-state index contributed by atoms with van der Waals surface area (Å²) in [5.74, 6) is -0.207. The second-order valence-corrected chi connectivity index (χ2v) is 9.05. The highest BCUT2D eigenvalue weighted by molar-refractivity contribution is 5.93. The van der Waals surface area contributed by atoms with E-state index in [-0.39, 0.29) is 29.6 Å². The molecule has 4 N–H and O–H groups in total. The van der Waals surface area contributed by atoms with Crippen LogP contribution in [0.5, 0.6) is 5.75 Å². The molecule has 3 rings (SSSR count). The standard InChI is InChI=1S/C26H34N2O4.H2O/c1-20-19-27(15-14-26(20,2)21-8-6-11-23(29)18-21)16-17-28(22-9-4-3-5-10-22)24(30)12-7-13-25(31)32;/h3-6,8-11,18,20,29H,7,12-17,19H2,1-2H3,(H,31,32);1H2. The largest absolute Gasteiger partial charge is 0.508 e. The molecule has 1 saturated heterocycles. The SMILES string of the molecule is CC1CN(CCN(C(=O)CCCC(=O)O)c2ccccc2)CCC1(C)c1cccc(O)c1.O. The lowest BCUT2D eigenvalue weighted by Gasteiger charge is -2.45. The lowest BCUT2D eigenvalue weighted by Crippen LogP contribution is -2.49. The smallest absolute Gasteiger partial charge is 0.303 e. The number of para-hydroxylation sites is 1. The van der Waals surface area contributed by atoms with Crippen LogP contribution in [-0.2, 0) is 15.0 Å². The van der Waals surface area contributed by atoms with Gasteiger partial charge in [0.2, 0.25) is 5.91 Å². The summed E-state index contributed by atoms with van der Waals surface area (Å²) in [6.45, 7) is 7.70. The van der Waals surface area contributed by atoms with E-state index in [9.17, 15) is 14.7 Å². The van der Waals surface area contributed by atoms with E-state index in [1.54, 1.807) is 11.0 Å². The van der Waals surface area contributed by atoms with Crippen molar-refractivity contribution in [2.45, 2.75) is 44.9 Å². The van der Waals surface area contributed by atoms with Gasteiger partial charge in [-0.05, 0) is 60.5 Å². The molecule has 180 valence electrons. The van der Waals surface area contributed by atoms with Gasteiger partial charge in [-0.1, -0.05) is 44.2 Å². The molecule has 0 bridgehead atoms. The van der Waals surface area contributed by atoms with Crippen molar-refractivity contribution in [3.63, 3.8) is 0 Å². The first-order valence-electron chi connectivity index (χ1n) is 11.4. The van der Waals surface area contributed by atoms with Crippen molar-refractivity contribution in [1.29, 1.82) is 0 Å². The number of hydrogen-bond donors (Lipinski definition) is 2. The van der Waals surface area contributed by atoms with Crippen molar-refractivity contribution < 1.29 is 25.3 Å². The number of likely N-dealkylation sites (tertiary alicyclic amines) is 1. The minimum atomic E-state index is -0.874. The number of piperidine rings is 1. The van der Waals surface area contributed by atoms with E-state index >= 15 is 0 Å². The molecule has 0 aromatic heterocycles. The molecular weight excluding hydrogens is 420 g/mol. The van der Waals surface area contributed by atoms with E-state index in [0.29, 0.717) is 24.6 Å². The van der Waals surface area contributed by atoms with Crippen LogP contribution < -0.4 is 4.90 Å². The molecule has 2 unspecified atom stereocenters. The van der Waals surface area contributed by atoms with Crippen LogP contribution in [0.2, 0.25) is 0 Å². The number of aliphatic carboxylic acids is 1. The van der Waals surface area contributed by atoms with Gasteiger partial charge in [0.25, 0.3) is 0 Å². The van der Waals surface area contributed by atoms with Gasteiger partial charge in [-0.15, -0.1) is 0 Å². The third kappa shape index (κ3) is 6.79. The number of amides is 1. The molecule has 7 nitrogen and oxygen atoms in total. The molecule has 1 heterocycles. The molecule has 0 spiro atoms. The van der Waals surface area contributed by atoms with Gasteiger partial charge in [0, 0.05) is 38.2 Å². The van der Waals surface area contributed by atoms with Crippen molar-refractivity contribution in [1.82, 2.24) is 4.90 Å². The summed E-state index contributed by atoms with van der Waals surface area (Å²) in [5, 5.41) is 18.8. The monoisotopic (exact) mass is 456 g/mol. The fourth-order valence-electron chi connectivity index (χ4n) is 4.58.